The van der Waals surface area contributed by atoms with Crippen LogP contribution >= 0.6 is 11.8 Å². The Morgan fingerprint density at radius 3 is 2.73 bits per heavy atom. The van der Waals surface area contributed by atoms with Crippen LogP contribution in [0, 0.1) is 0 Å². The number of hydrogen-bond acceptors (Lipinski definition) is 3. The van der Waals surface area contributed by atoms with E-state index in [1.165, 1.54) is 0 Å². The largest absolute Gasteiger partial charge is 0.396 e. The molecule has 0 amide bonds. The van der Waals surface area contributed by atoms with Crippen LogP contribution < -0.4 is 0 Å². The fourth-order valence-electron chi connectivity index (χ4n) is 0.633. The summed E-state index contributed by atoms with van der Waals surface area (Å²) in [6.07, 6.45) is 2.00. The van der Waals surface area contributed by atoms with Crippen molar-refractivity contribution in [1.29, 1.82) is 0 Å². The Morgan fingerprint density at radius 1 is 1.27 bits per heavy atom. The third-order valence-electron chi connectivity index (χ3n) is 1.17. The first-order chi connectivity index (χ1) is 5.41. The molecule has 0 atom stereocenters. The molecule has 0 heterocycles. The molecule has 0 aliphatic heterocycles. The summed E-state index contributed by atoms with van der Waals surface area (Å²) in [7, 11) is 0. The number of aliphatic hydroxyl groups is 1. The zero-order valence-corrected chi connectivity index (χ0v) is 8.03. The van der Waals surface area contributed by atoms with Gasteiger partial charge in [0.2, 0.25) is 0 Å². The zero-order chi connectivity index (χ0) is 8.36. The molecule has 0 bridgehead atoms. The molecule has 0 aromatic rings. The van der Waals surface area contributed by atoms with E-state index >= 15 is 0 Å². The van der Waals surface area contributed by atoms with Crippen LogP contribution in [0.25, 0.3) is 0 Å². The lowest BCUT2D eigenvalue weighted by Crippen LogP contribution is -1.99. The number of hydrogen-bond donors (Lipinski definition) is 1. The summed E-state index contributed by atoms with van der Waals surface area (Å²) in [5, 5.41) is 8.46. The number of ether oxygens (including phenoxy) is 1. The first kappa shape index (κ1) is 11.3. The van der Waals surface area contributed by atoms with Crippen molar-refractivity contribution >= 4 is 11.8 Å². The van der Waals surface area contributed by atoms with Crippen molar-refractivity contribution < 1.29 is 9.84 Å². The van der Waals surface area contributed by atoms with E-state index in [-0.39, 0.29) is 0 Å². The molecule has 11 heavy (non-hydrogen) atoms. The smallest absolute Gasteiger partial charge is 0.0556 e. The average Bonchev–Trinajstić information content (AvgIpc) is 2.03. The maximum absolute atomic E-state index is 8.46. The van der Waals surface area contributed by atoms with Crippen LogP contribution in [0.15, 0.2) is 0 Å². The van der Waals surface area contributed by atoms with E-state index in [4.69, 9.17) is 9.84 Å². The quantitative estimate of drug-likeness (QED) is 0.572. The number of rotatable bonds is 8. The van der Waals surface area contributed by atoms with Crippen LogP contribution in [0.5, 0.6) is 0 Å². The highest BCUT2D eigenvalue weighted by molar-refractivity contribution is 7.99. The van der Waals surface area contributed by atoms with E-state index in [1.54, 1.807) is 0 Å². The molecule has 68 valence electrons. The molecule has 2 nitrogen and oxygen atoms in total. The van der Waals surface area contributed by atoms with E-state index in [1.807, 2.05) is 11.8 Å². The second-order valence-corrected chi connectivity index (χ2v) is 3.53. The Kier molecular flexibility index (Phi) is 10.5. The molecule has 0 saturated heterocycles. The Hall–Kier alpha value is 0.270. The van der Waals surface area contributed by atoms with Crippen LogP contribution in [0.2, 0.25) is 0 Å². The van der Waals surface area contributed by atoms with Crippen molar-refractivity contribution in [3.05, 3.63) is 0 Å². The normalized spacial score (nSPS) is 10.4. The molecule has 0 aromatic carbocycles. The van der Waals surface area contributed by atoms with Gasteiger partial charge in [-0.3, -0.25) is 0 Å². The van der Waals surface area contributed by atoms with E-state index in [2.05, 4.69) is 6.92 Å². The predicted molar refractivity (Wildman–Crippen MR) is 50.1 cm³/mol. The summed E-state index contributed by atoms with van der Waals surface area (Å²) in [6.45, 7) is 4.15. The summed E-state index contributed by atoms with van der Waals surface area (Å²) < 4.78 is 5.28. The van der Waals surface area contributed by atoms with E-state index in [0.717, 1.165) is 37.6 Å². The van der Waals surface area contributed by atoms with Crippen molar-refractivity contribution in [3.63, 3.8) is 0 Å². The van der Waals surface area contributed by atoms with Gasteiger partial charge in [-0.2, -0.15) is 11.8 Å². The van der Waals surface area contributed by atoms with Gasteiger partial charge in [0.25, 0.3) is 0 Å². The van der Waals surface area contributed by atoms with Crippen LogP contribution in [0.3, 0.4) is 0 Å². The Morgan fingerprint density at radius 2 is 2.09 bits per heavy atom. The molecular weight excluding hydrogens is 160 g/mol. The average molecular weight is 178 g/mol. The van der Waals surface area contributed by atoms with E-state index < -0.39 is 0 Å². The minimum absolute atomic E-state index is 0.308. The Bertz CT molecular complexity index is 61.1. The van der Waals surface area contributed by atoms with Gasteiger partial charge in [-0.15, -0.1) is 0 Å². The summed E-state index contributed by atoms with van der Waals surface area (Å²) in [6, 6.07) is 0. The lowest BCUT2D eigenvalue weighted by atomic mass is 10.5. The van der Waals surface area contributed by atoms with Gasteiger partial charge in [0.1, 0.15) is 0 Å². The topological polar surface area (TPSA) is 29.5 Å². The number of thioether (sulfide) groups is 1. The Labute approximate surface area is 73.3 Å². The standard InChI is InChI=1S/C8H18O2S/c1-2-5-10-6-8-11-7-3-4-9/h9H,2-8H2,1H3. The molecule has 0 spiro atoms. The minimum Gasteiger partial charge on any atom is -0.396 e. The van der Waals surface area contributed by atoms with Crippen molar-refractivity contribution in [2.24, 2.45) is 0 Å². The van der Waals surface area contributed by atoms with Gasteiger partial charge < -0.3 is 9.84 Å². The molecule has 0 saturated carbocycles. The third-order valence-corrected chi connectivity index (χ3v) is 2.20. The lowest BCUT2D eigenvalue weighted by molar-refractivity contribution is 0.151. The van der Waals surface area contributed by atoms with Crippen molar-refractivity contribution in [2.45, 2.75) is 19.8 Å². The first-order valence-corrected chi connectivity index (χ1v) is 5.33. The Balaban J connectivity index is 2.69. The van der Waals surface area contributed by atoms with Gasteiger partial charge in [-0.1, -0.05) is 6.92 Å². The summed E-state index contributed by atoms with van der Waals surface area (Å²) in [5.74, 6) is 2.10. The van der Waals surface area contributed by atoms with Gasteiger partial charge in [0, 0.05) is 19.0 Å². The molecule has 0 unspecified atom stereocenters. The van der Waals surface area contributed by atoms with Crippen LogP contribution in [0.4, 0.5) is 0 Å². The van der Waals surface area contributed by atoms with Gasteiger partial charge >= 0.3 is 0 Å². The molecular formula is C8H18O2S. The van der Waals surface area contributed by atoms with Crippen molar-refractivity contribution in [1.82, 2.24) is 0 Å². The minimum atomic E-state index is 0.308. The lowest BCUT2D eigenvalue weighted by Gasteiger charge is -2.01. The highest BCUT2D eigenvalue weighted by Crippen LogP contribution is 2.01. The fraction of sp³-hybridized carbons (Fsp3) is 1.00. The SMILES string of the molecule is CCCOCCSCCCO. The van der Waals surface area contributed by atoms with Crippen LogP contribution in [-0.4, -0.2) is 36.4 Å². The van der Waals surface area contributed by atoms with E-state index in [9.17, 15) is 0 Å². The second kappa shape index (κ2) is 10.3. The highest BCUT2D eigenvalue weighted by Gasteiger charge is 1.88. The zero-order valence-electron chi connectivity index (χ0n) is 7.21. The second-order valence-electron chi connectivity index (χ2n) is 2.30. The third kappa shape index (κ3) is 10.3. The number of aliphatic hydroxyl groups excluding tert-OH is 1. The summed E-state index contributed by atoms with van der Waals surface area (Å²) in [5.41, 5.74) is 0. The fourth-order valence-corrected chi connectivity index (χ4v) is 1.41. The van der Waals surface area contributed by atoms with Gasteiger partial charge in [-0.05, 0) is 18.6 Å². The van der Waals surface area contributed by atoms with Crippen molar-refractivity contribution in [3.8, 4) is 0 Å². The monoisotopic (exact) mass is 178 g/mol. The van der Waals surface area contributed by atoms with Gasteiger partial charge in [0.05, 0.1) is 6.61 Å². The molecule has 0 rings (SSSR count). The van der Waals surface area contributed by atoms with Gasteiger partial charge in [0.15, 0.2) is 0 Å². The van der Waals surface area contributed by atoms with Crippen molar-refractivity contribution in [2.75, 3.05) is 31.3 Å². The molecule has 3 heteroatoms. The summed E-state index contributed by atoms with van der Waals surface area (Å²) >= 11 is 1.84. The molecule has 0 fully saturated rings. The van der Waals surface area contributed by atoms with Crippen LogP contribution in [0.1, 0.15) is 19.8 Å². The molecule has 0 aliphatic carbocycles. The molecule has 0 aromatic heterocycles. The maximum atomic E-state index is 8.46. The predicted octanol–water partition coefficient (Wildman–Crippen LogP) is 1.53. The molecule has 1 N–H and O–H groups in total. The van der Waals surface area contributed by atoms with E-state index in [0.29, 0.717) is 6.61 Å². The highest BCUT2D eigenvalue weighted by atomic mass is 32.2. The molecule has 0 aliphatic rings. The van der Waals surface area contributed by atoms with Gasteiger partial charge in [-0.25, -0.2) is 0 Å². The summed E-state index contributed by atoms with van der Waals surface area (Å²) in [4.78, 5) is 0. The maximum Gasteiger partial charge on any atom is 0.0556 e. The molecule has 0 radical (unpaired) electrons. The van der Waals surface area contributed by atoms with Crippen LogP contribution in [-0.2, 0) is 4.74 Å². The first-order valence-electron chi connectivity index (χ1n) is 4.18.